The average Bonchev–Trinajstić information content (AvgIpc) is 2.87. The van der Waals surface area contributed by atoms with E-state index in [0.717, 1.165) is 24.3 Å². The van der Waals surface area contributed by atoms with Gasteiger partial charge in [-0.05, 0) is 19.4 Å². The molecule has 0 saturated carbocycles. The molecule has 0 unspecified atom stereocenters. The largest absolute Gasteiger partial charge is 0.339 e. The van der Waals surface area contributed by atoms with E-state index >= 15 is 0 Å². The Kier molecular flexibility index (Phi) is 5.13. The van der Waals surface area contributed by atoms with Gasteiger partial charge in [0, 0.05) is 12.0 Å². The predicted octanol–water partition coefficient (Wildman–Crippen LogP) is 4.56. The van der Waals surface area contributed by atoms with Crippen LogP contribution in [0, 0.1) is 6.92 Å². The molecule has 1 heterocycles. The standard InChI is InChI=1S/C16H22N2O/c1-3-4-5-6-7-11-15-17-16(18-19-15)14-10-8-9-13(2)12-14/h8-10,12H,3-7,11H2,1-2H3. The Hall–Kier alpha value is -1.64. The number of hydrogen-bond acceptors (Lipinski definition) is 3. The van der Waals surface area contributed by atoms with E-state index in [9.17, 15) is 0 Å². The molecule has 3 heteroatoms. The SMILES string of the molecule is CCCCCCCc1nc(-c2cccc(C)c2)no1. The molecule has 2 aromatic rings. The molecule has 1 aromatic carbocycles. The summed E-state index contributed by atoms with van der Waals surface area (Å²) in [6, 6.07) is 8.18. The fraction of sp³-hybridized carbons (Fsp3) is 0.500. The monoisotopic (exact) mass is 258 g/mol. The summed E-state index contributed by atoms with van der Waals surface area (Å²) in [5.41, 5.74) is 2.24. The number of unbranched alkanes of at least 4 members (excludes halogenated alkanes) is 4. The molecule has 3 nitrogen and oxygen atoms in total. The van der Waals surface area contributed by atoms with Gasteiger partial charge in [0.2, 0.25) is 11.7 Å². The van der Waals surface area contributed by atoms with Gasteiger partial charge < -0.3 is 4.52 Å². The number of rotatable bonds is 7. The Morgan fingerprint density at radius 1 is 1.11 bits per heavy atom. The Labute approximate surface area is 115 Å². The molecule has 0 bridgehead atoms. The van der Waals surface area contributed by atoms with Crippen molar-refractivity contribution in [3.8, 4) is 11.4 Å². The summed E-state index contributed by atoms with van der Waals surface area (Å²) in [5.74, 6) is 1.46. The second-order valence-electron chi connectivity index (χ2n) is 5.05. The molecule has 19 heavy (non-hydrogen) atoms. The summed E-state index contributed by atoms with van der Waals surface area (Å²) in [6.07, 6.45) is 7.17. The van der Waals surface area contributed by atoms with Crippen LogP contribution in [0.25, 0.3) is 11.4 Å². The van der Waals surface area contributed by atoms with Crippen LogP contribution < -0.4 is 0 Å². The zero-order valence-corrected chi connectivity index (χ0v) is 11.9. The highest BCUT2D eigenvalue weighted by Gasteiger charge is 2.08. The van der Waals surface area contributed by atoms with Crippen LogP contribution in [0.5, 0.6) is 0 Å². The second kappa shape index (κ2) is 7.07. The van der Waals surface area contributed by atoms with Crippen LogP contribution in [0.1, 0.15) is 50.5 Å². The van der Waals surface area contributed by atoms with Gasteiger partial charge in [0.25, 0.3) is 0 Å². The zero-order chi connectivity index (χ0) is 13.5. The third-order valence-corrected chi connectivity index (χ3v) is 3.24. The van der Waals surface area contributed by atoms with Gasteiger partial charge >= 0.3 is 0 Å². The van der Waals surface area contributed by atoms with Crippen LogP contribution in [0.2, 0.25) is 0 Å². The Morgan fingerprint density at radius 3 is 2.74 bits per heavy atom. The van der Waals surface area contributed by atoms with E-state index in [1.807, 2.05) is 12.1 Å². The van der Waals surface area contributed by atoms with Crippen molar-refractivity contribution in [2.45, 2.75) is 52.4 Å². The zero-order valence-electron chi connectivity index (χ0n) is 11.9. The lowest BCUT2D eigenvalue weighted by molar-refractivity contribution is 0.374. The van der Waals surface area contributed by atoms with Crippen LogP contribution in [-0.4, -0.2) is 10.1 Å². The minimum atomic E-state index is 0.701. The molecule has 0 aliphatic heterocycles. The number of aryl methyl sites for hydroxylation is 2. The van der Waals surface area contributed by atoms with Gasteiger partial charge in [-0.1, -0.05) is 61.5 Å². The Balaban J connectivity index is 1.88. The van der Waals surface area contributed by atoms with Crippen molar-refractivity contribution < 1.29 is 4.52 Å². The Bertz CT molecular complexity index is 505. The van der Waals surface area contributed by atoms with Crippen molar-refractivity contribution >= 4 is 0 Å². The van der Waals surface area contributed by atoms with E-state index in [1.54, 1.807) is 0 Å². The Morgan fingerprint density at radius 2 is 1.95 bits per heavy atom. The quantitative estimate of drug-likeness (QED) is 0.683. The van der Waals surface area contributed by atoms with Crippen molar-refractivity contribution in [2.24, 2.45) is 0 Å². The number of aromatic nitrogens is 2. The van der Waals surface area contributed by atoms with Crippen LogP contribution >= 0.6 is 0 Å². The van der Waals surface area contributed by atoms with Crippen molar-refractivity contribution in [2.75, 3.05) is 0 Å². The van der Waals surface area contributed by atoms with Crippen LogP contribution in [0.3, 0.4) is 0 Å². The maximum atomic E-state index is 5.30. The molecule has 2 rings (SSSR count). The molecule has 0 atom stereocenters. The summed E-state index contributed by atoms with van der Waals surface area (Å²) in [5, 5.41) is 4.06. The average molecular weight is 258 g/mol. The smallest absolute Gasteiger partial charge is 0.226 e. The van der Waals surface area contributed by atoms with E-state index in [0.29, 0.717) is 5.82 Å². The maximum absolute atomic E-state index is 5.30. The molecule has 0 aliphatic carbocycles. The van der Waals surface area contributed by atoms with Gasteiger partial charge in [0.1, 0.15) is 0 Å². The third-order valence-electron chi connectivity index (χ3n) is 3.24. The van der Waals surface area contributed by atoms with Gasteiger partial charge in [-0.2, -0.15) is 4.98 Å². The van der Waals surface area contributed by atoms with Gasteiger partial charge in [0.05, 0.1) is 0 Å². The molecule has 0 N–H and O–H groups in total. The second-order valence-corrected chi connectivity index (χ2v) is 5.05. The molecule has 0 amide bonds. The van der Waals surface area contributed by atoms with Gasteiger partial charge in [-0.15, -0.1) is 0 Å². The van der Waals surface area contributed by atoms with Gasteiger partial charge in [-0.25, -0.2) is 0 Å². The molecule has 0 saturated heterocycles. The summed E-state index contributed by atoms with van der Waals surface area (Å²) in [6.45, 7) is 4.30. The first-order valence-corrected chi connectivity index (χ1v) is 7.19. The van der Waals surface area contributed by atoms with Gasteiger partial charge in [-0.3, -0.25) is 0 Å². The summed E-state index contributed by atoms with van der Waals surface area (Å²) in [7, 11) is 0. The molecule has 1 aromatic heterocycles. The fourth-order valence-corrected chi connectivity index (χ4v) is 2.14. The number of nitrogens with zero attached hydrogens (tertiary/aromatic N) is 2. The summed E-state index contributed by atoms with van der Waals surface area (Å²) < 4.78 is 5.30. The number of benzene rings is 1. The van der Waals surface area contributed by atoms with Crippen molar-refractivity contribution in [3.63, 3.8) is 0 Å². The van der Waals surface area contributed by atoms with Crippen LogP contribution in [0.15, 0.2) is 28.8 Å². The van der Waals surface area contributed by atoms with Crippen LogP contribution in [-0.2, 0) is 6.42 Å². The summed E-state index contributed by atoms with van der Waals surface area (Å²) in [4.78, 5) is 4.46. The minimum absolute atomic E-state index is 0.701. The maximum Gasteiger partial charge on any atom is 0.226 e. The van der Waals surface area contributed by atoms with E-state index in [2.05, 4.69) is 36.1 Å². The van der Waals surface area contributed by atoms with E-state index < -0.39 is 0 Å². The van der Waals surface area contributed by atoms with E-state index in [-0.39, 0.29) is 0 Å². The van der Waals surface area contributed by atoms with Gasteiger partial charge in [0.15, 0.2) is 0 Å². The van der Waals surface area contributed by atoms with Crippen molar-refractivity contribution in [1.29, 1.82) is 0 Å². The highest BCUT2D eigenvalue weighted by Crippen LogP contribution is 2.17. The summed E-state index contributed by atoms with van der Waals surface area (Å²) >= 11 is 0. The lowest BCUT2D eigenvalue weighted by Gasteiger charge is -1.96. The van der Waals surface area contributed by atoms with Crippen LogP contribution in [0.4, 0.5) is 0 Å². The fourth-order valence-electron chi connectivity index (χ4n) is 2.14. The molecular weight excluding hydrogens is 236 g/mol. The van der Waals surface area contributed by atoms with Crippen molar-refractivity contribution in [3.05, 3.63) is 35.7 Å². The lowest BCUT2D eigenvalue weighted by Crippen LogP contribution is -1.87. The molecule has 0 fully saturated rings. The molecular formula is C16H22N2O. The normalized spacial score (nSPS) is 10.8. The number of hydrogen-bond donors (Lipinski definition) is 0. The first-order chi connectivity index (χ1) is 9.29. The highest BCUT2D eigenvalue weighted by atomic mass is 16.5. The van der Waals surface area contributed by atoms with E-state index in [1.165, 1.54) is 31.2 Å². The molecule has 0 radical (unpaired) electrons. The lowest BCUT2D eigenvalue weighted by atomic mass is 10.1. The third kappa shape index (κ3) is 4.19. The first kappa shape index (κ1) is 13.8. The molecule has 0 aliphatic rings. The molecule has 102 valence electrons. The minimum Gasteiger partial charge on any atom is -0.339 e. The predicted molar refractivity (Wildman–Crippen MR) is 76.9 cm³/mol. The first-order valence-electron chi connectivity index (χ1n) is 7.19. The highest BCUT2D eigenvalue weighted by molar-refractivity contribution is 5.55. The molecule has 0 spiro atoms. The topological polar surface area (TPSA) is 38.9 Å². The van der Waals surface area contributed by atoms with E-state index in [4.69, 9.17) is 4.52 Å². The van der Waals surface area contributed by atoms with Crippen molar-refractivity contribution in [1.82, 2.24) is 10.1 Å².